The number of carbonyl (C=O) groups excluding carboxylic acids is 4. The number of ketones is 1. The summed E-state index contributed by atoms with van der Waals surface area (Å²) in [7, 11) is 0. The van der Waals surface area contributed by atoms with Crippen molar-refractivity contribution in [1.29, 1.82) is 0 Å². The zero-order valence-electron chi connectivity index (χ0n) is 17.7. The van der Waals surface area contributed by atoms with Crippen LogP contribution in [-0.2, 0) is 16.0 Å². The van der Waals surface area contributed by atoms with Crippen LogP contribution in [0.15, 0.2) is 78.9 Å². The summed E-state index contributed by atoms with van der Waals surface area (Å²) < 4.78 is 5.21. The summed E-state index contributed by atoms with van der Waals surface area (Å²) >= 11 is 0. The molecule has 9 heteroatoms. The van der Waals surface area contributed by atoms with Crippen molar-refractivity contribution >= 4 is 29.3 Å². The third-order valence-electron chi connectivity index (χ3n) is 5.42. The van der Waals surface area contributed by atoms with Crippen LogP contribution in [0.1, 0.15) is 36.6 Å². The smallest absolute Gasteiger partial charge is 0.330 e. The predicted molar refractivity (Wildman–Crippen MR) is 119 cm³/mol. The Morgan fingerprint density at radius 1 is 0.882 bits per heavy atom. The molecule has 170 valence electrons. The van der Waals surface area contributed by atoms with Crippen LogP contribution in [0.4, 0.5) is 5.69 Å². The second-order valence-electron chi connectivity index (χ2n) is 7.54. The summed E-state index contributed by atoms with van der Waals surface area (Å²) in [5.74, 6) is -3.22. The fraction of sp³-hybridized carbons (Fsp3) is 0.120. The number of benzene rings is 3. The van der Waals surface area contributed by atoms with Crippen molar-refractivity contribution in [3.05, 3.63) is 111 Å². The summed E-state index contributed by atoms with van der Waals surface area (Å²) in [6, 6.07) is 19.1. The molecule has 0 unspecified atom stereocenters. The van der Waals surface area contributed by atoms with Crippen LogP contribution in [0.3, 0.4) is 0 Å². The van der Waals surface area contributed by atoms with Crippen molar-refractivity contribution < 1.29 is 28.8 Å². The first-order chi connectivity index (χ1) is 16.4. The Morgan fingerprint density at radius 3 is 2.18 bits per heavy atom. The summed E-state index contributed by atoms with van der Waals surface area (Å²) in [5.41, 5.74) is -0.0882. The highest BCUT2D eigenvalue weighted by atomic mass is 16.6. The van der Waals surface area contributed by atoms with Crippen molar-refractivity contribution in [2.45, 2.75) is 12.5 Å². The number of rotatable bonds is 8. The topological polar surface area (TPSA) is 124 Å². The molecule has 0 aliphatic carbocycles. The second kappa shape index (κ2) is 9.45. The lowest BCUT2D eigenvalue weighted by Crippen LogP contribution is -2.47. The Morgan fingerprint density at radius 2 is 1.53 bits per heavy atom. The Kier molecular flexibility index (Phi) is 6.26. The van der Waals surface area contributed by atoms with Crippen molar-refractivity contribution in [3.8, 4) is 0 Å². The van der Waals surface area contributed by atoms with Gasteiger partial charge in [0.05, 0.1) is 10.5 Å². The van der Waals surface area contributed by atoms with Gasteiger partial charge in [-0.2, -0.15) is 0 Å². The highest BCUT2D eigenvalue weighted by Crippen LogP contribution is 2.32. The van der Waals surface area contributed by atoms with E-state index in [1.807, 2.05) is 0 Å². The monoisotopic (exact) mass is 458 g/mol. The molecule has 9 nitrogen and oxygen atoms in total. The lowest BCUT2D eigenvalue weighted by molar-refractivity contribution is -0.385. The number of nitrogens with zero attached hydrogens (tertiary/aromatic N) is 2. The van der Waals surface area contributed by atoms with Crippen LogP contribution in [0.5, 0.6) is 0 Å². The number of imide groups is 1. The molecule has 34 heavy (non-hydrogen) atoms. The number of fused-ring (bicyclic) bond motifs is 1. The number of hydrogen-bond acceptors (Lipinski definition) is 7. The van der Waals surface area contributed by atoms with E-state index in [4.69, 9.17) is 4.74 Å². The van der Waals surface area contributed by atoms with Gasteiger partial charge in [-0.05, 0) is 11.6 Å². The van der Waals surface area contributed by atoms with Crippen LogP contribution in [-0.4, -0.2) is 46.0 Å². The first-order valence-corrected chi connectivity index (χ1v) is 10.3. The highest BCUT2D eigenvalue weighted by molar-refractivity contribution is 6.24. The number of Topliss-reactive ketones (excluding diaryl/α,β-unsaturated/α-hetero) is 1. The largest absolute Gasteiger partial charge is 0.456 e. The third-order valence-corrected chi connectivity index (χ3v) is 5.42. The lowest BCUT2D eigenvalue weighted by Gasteiger charge is -2.24. The molecule has 1 atom stereocenters. The van der Waals surface area contributed by atoms with Gasteiger partial charge in [0, 0.05) is 18.1 Å². The van der Waals surface area contributed by atoms with Gasteiger partial charge in [0.2, 0.25) is 0 Å². The van der Waals surface area contributed by atoms with E-state index in [1.54, 1.807) is 60.7 Å². The van der Waals surface area contributed by atoms with Crippen LogP contribution in [0, 0.1) is 10.1 Å². The minimum atomic E-state index is -1.42. The number of ether oxygens (including phenoxy) is 1. The van der Waals surface area contributed by atoms with E-state index in [2.05, 4.69) is 0 Å². The van der Waals surface area contributed by atoms with Crippen LogP contribution in [0.2, 0.25) is 0 Å². The third kappa shape index (κ3) is 4.31. The summed E-state index contributed by atoms with van der Waals surface area (Å²) in [4.78, 5) is 63.0. The average Bonchev–Trinajstić information content (AvgIpc) is 3.11. The first kappa shape index (κ1) is 22.5. The van der Waals surface area contributed by atoms with Gasteiger partial charge in [-0.25, -0.2) is 4.79 Å². The molecule has 0 radical (unpaired) electrons. The molecule has 3 aromatic rings. The Labute approximate surface area is 193 Å². The van der Waals surface area contributed by atoms with Gasteiger partial charge in [-0.15, -0.1) is 0 Å². The number of esters is 1. The van der Waals surface area contributed by atoms with Crippen molar-refractivity contribution in [1.82, 2.24) is 4.90 Å². The molecule has 0 fully saturated rings. The van der Waals surface area contributed by atoms with E-state index in [0.29, 0.717) is 16.0 Å². The van der Waals surface area contributed by atoms with Gasteiger partial charge >= 0.3 is 5.97 Å². The summed E-state index contributed by atoms with van der Waals surface area (Å²) in [6.07, 6.45) is -0.0849. The lowest BCUT2D eigenvalue weighted by atomic mass is 10.0. The van der Waals surface area contributed by atoms with E-state index in [1.165, 1.54) is 12.1 Å². The number of carbonyl (C=O) groups is 4. The van der Waals surface area contributed by atoms with Gasteiger partial charge < -0.3 is 4.74 Å². The van der Waals surface area contributed by atoms with Gasteiger partial charge in [-0.3, -0.25) is 29.4 Å². The first-order valence-electron chi connectivity index (χ1n) is 10.3. The van der Waals surface area contributed by atoms with E-state index < -0.39 is 46.8 Å². The number of amides is 2. The van der Waals surface area contributed by atoms with E-state index in [0.717, 1.165) is 6.07 Å². The molecular formula is C25H18N2O7. The normalized spacial score (nSPS) is 13.4. The minimum Gasteiger partial charge on any atom is -0.456 e. The van der Waals surface area contributed by atoms with Gasteiger partial charge in [0.1, 0.15) is 11.6 Å². The maximum atomic E-state index is 13.2. The molecule has 0 spiro atoms. The van der Waals surface area contributed by atoms with E-state index in [9.17, 15) is 29.3 Å². The molecule has 0 saturated carbocycles. The zero-order valence-corrected chi connectivity index (χ0v) is 17.7. The fourth-order valence-corrected chi connectivity index (χ4v) is 3.78. The number of hydrogen-bond donors (Lipinski definition) is 0. The van der Waals surface area contributed by atoms with Crippen molar-refractivity contribution in [3.63, 3.8) is 0 Å². The maximum absolute atomic E-state index is 13.2. The molecule has 3 aromatic carbocycles. The molecule has 0 saturated heterocycles. The van der Waals surface area contributed by atoms with E-state index in [-0.39, 0.29) is 17.5 Å². The number of nitro benzene ring substituents is 1. The highest BCUT2D eigenvalue weighted by Gasteiger charge is 2.47. The number of nitro groups is 1. The Bertz CT molecular complexity index is 1290. The van der Waals surface area contributed by atoms with Gasteiger partial charge in [-0.1, -0.05) is 66.7 Å². The van der Waals surface area contributed by atoms with Crippen LogP contribution < -0.4 is 0 Å². The molecule has 2 amide bonds. The Balaban J connectivity index is 1.64. The Hall–Kier alpha value is -4.66. The standard InChI is InChI=1S/C25H18N2O7/c28-21(17-10-5-2-6-11-17)15-34-25(31)20(14-16-8-3-1-4-9-16)26-23(29)18-12-7-13-19(27(32)33)22(18)24(26)30/h1-13,20H,14-15H2/t20-/m0/s1. The second-order valence-corrected chi connectivity index (χ2v) is 7.54. The van der Waals surface area contributed by atoms with Crippen molar-refractivity contribution in [2.75, 3.05) is 6.61 Å². The fourth-order valence-electron chi connectivity index (χ4n) is 3.78. The van der Waals surface area contributed by atoms with Crippen LogP contribution >= 0.6 is 0 Å². The summed E-state index contributed by atoms with van der Waals surface area (Å²) in [5, 5.41) is 11.4. The summed E-state index contributed by atoms with van der Waals surface area (Å²) in [6.45, 7) is -0.586. The molecule has 4 rings (SSSR count). The zero-order chi connectivity index (χ0) is 24.2. The maximum Gasteiger partial charge on any atom is 0.330 e. The molecule has 0 aromatic heterocycles. The molecule has 1 aliphatic heterocycles. The minimum absolute atomic E-state index is 0.0849. The van der Waals surface area contributed by atoms with Gasteiger partial charge in [0.15, 0.2) is 12.4 Å². The van der Waals surface area contributed by atoms with Crippen LogP contribution in [0.25, 0.3) is 0 Å². The molecule has 0 N–H and O–H groups in total. The molecule has 1 heterocycles. The van der Waals surface area contributed by atoms with Crippen molar-refractivity contribution in [2.24, 2.45) is 0 Å². The molecular weight excluding hydrogens is 440 g/mol. The average molecular weight is 458 g/mol. The quantitative estimate of drug-likeness (QED) is 0.167. The molecule has 0 bridgehead atoms. The SMILES string of the molecule is O=C(COC(=O)[C@H](Cc1ccccc1)N1C(=O)c2cccc([N+](=O)[O-])c2C1=O)c1ccccc1. The van der Waals surface area contributed by atoms with Gasteiger partial charge in [0.25, 0.3) is 17.5 Å². The predicted octanol–water partition coefficient (Wildman–Crippen LogP) is 3.23. The molecule has 1 aliphatic rings. The van der Waals surface area contributed by atoms with E-state index >= 15 is 0 Å².